The lowest BCUT2D eigenvalue weighted by atomic mass is 9.96. The minimum absolute atomic E-state index is 0.0113. The van der Waals surface area contributed by atoms with Gasteiger partial charge in [0.05, 0.1) is 5.92 Å². The summed E-state index contributed by atoms with van der Waals surface area (Å²) in [5.41, 5.74) is 2.09. The van der Waals surface area contributed by atoms with Gasteiger partial charge in [-0.1, -0.05) is 29.8 Å². The summed E-state index contributed by atoms with van der Waals surface area (Å²) in [6.07, 6.45) is 1.07. The van der Waals surface area contributed by atoms with E-state index in [1.165, 1.54) is 0 Å². The first kappa shape index (κ1) is 20.1. The van der Waals surface area contributed by atoms with Gasteiger partial charge in [-0.25, -0.2) is 0 Å². The predicted molar refractivity (Wildman–Crippen MR) is 107 cm³/mol. The Labute approximate surface area is 169 Å². The van der Waals surface area contributed by atoms with Crippen molar-refractivity contribution in [3.8, 4) is 0 Å². The molecule has 1 fully saturated rings. The number of nitrogens with zero attached hydrogens (tertiary/aromatic N) is 1. The number of piperidine rings is 1. The predicted octanol–water partition coefficient (Wildman–Crippen LogP) is 3.93. The zero-order valence-electron chi connectivity index (χ0n) is 15.7. The number of carbonyl (C=O) groups is 3. The van der Waals surface area contributed by atoms with Gasteiger partial charge in [0.25, 0.3) is 5.91 Å². The topological polar surface area (TPSA) is 63.7 Å². The second kappa shape index (κ2) is 9.02. The third-order valence-corrected chi connectivity index (χ3v) is 5.25. The molecule has 1 heterocycles. The van der Waals surface area contributed by atoms with Gasteiger partial charge in [-0.15, -0.1) is 0 Å². The Morgan fingerprint density at radius 2 is 1.68 bits per heavy atom. The number of Topliss-reactive ketones (excluding diaryl/α,β-unsaturated/α-hetero) is 1. The van der Waals surface area contributed by atoms with Gasteiger partial charge in [0.1, 0.15) is 0 Å². The van der Waals surface area contributed by atoms with E-state index in [2.05, 4.69) is 0 Å². The van der Waals surface area contributed by atoms with Gasteiger partial charge >= 0.3 is 5.97 Å². The quantitative estimate of drug-likeness (QED) is 0.564. The highest BCUT2D eigenvalue weighted by atomic mass is 35.5. The lowest BCUT2D eigenvalue weighted by molar-refractivity contribution is -0.148. The molecular weight excluding hydrogens is 378 g/mol. The van der Waals surface area contributed by atoms with Crippen LogP contribution in [0.1, 0.15) is 39.1 Å². The number of ether oxygens (including phenoxy) is 1. The van der Waals surface area contributed by atoms with Crippen molar-refractivity contribution in [1.82, 2.24) is 4.90 Å². The normalized spacial score (nSPS) is 14.6. The Morgan fingerprint density at radius 3 is 2.32 bits per heavy atom. The van der Waals surface area contributed by atoms with Crippen molar-refractivity contribution in [1.29, 1.82) is 0 Å². The van der Waals surface area contributed by atoms with Gasteiger partial charge in [-0.05, 0) is 55.7 Å². The van der Waals surface area contributed by atoms with Gasteiger partial charge in [0, 0.05) is 29.2 Å². The summed E-state index contributed by atoms with van der Waals surface area (Å²) in [5.74, 6) is -0.954. The second-order valence-corrected chi connectivity index (χ2v) is 7.36. The molecule has 6 heteroatoms. The van der Waals surface area contributed by atoms with Crippen LogP contribution in [0.2, 0.25) is 5.02 Å². The third-order valence-electron chi connectivity index (χ3n) is 5.00. The van der Waals surface area contributed by atoms with E-state index in [9.17, 15) is 14.4 Å². The van der Waals surface area contributed by atoms with Crippen LogP contribution in [-0.4, -0.2) is 42.3 Å². The number of esters is 1. The zero-order chi connectivity index (χ0) is 20.1. The molecule has 2 aromatic rings. The fourth-order valence-electron chi connectivity index (χ4n) is 3.28. The maximum Gasteiger partial charge on any atom is 0.309 e. The summed E-state index contributed by atoms with van der Waals surface area (Å²) in [4.78, 5) is 38.8. The largest absolute Gasteiger partial charge is 0.457 e. The highest BCUT2D eigenvalue weighted by Gasteiger charge is 2.29. The smallest absolute Gasteiger partial charge is 0.309 e. The van der Waals surface area contributed by atoms with Crippen LogP contribution < -0.4 is 0 Å². The Hall–Kier alpha value is -2.66. The van der Waals surface area contributed by atoms with E-state index in [-0.39, 0.29) is 30.2 Å². The van der Waals surface area contributed by atoms with Crippen molar-refractivity contribution < 1.29 is 19.1 Å². The number of hydrogen-bond donors (Lipinski definition) is 0. The van der Waals surface area contributed by atoms with Crippen LogP contribution in [0.3, 0.4) is 0 Å². The maximum atomic E-state index is 12.6. The van der Waals surface area contributed by atoms with E-state index in [1.54, 1.807) is 29.2 Å². The molecule has 28 heavy (non-hydrogen) atoms. The van der Waals surface area contributed by atoms with E-state index < -0.39 is 0 Å². The molecule has 1 aliphatic heterocycles. The van der Waals surface area contributed by atoms with Gasteiger partial charge in [-0.3, -0.25) is 14.4 Å². The van der Waals surface area contributed by atoms with Crippen molar-refractivity contribution in [2.24, 2.45) is 5.92 Å². The molecule has 0 bridgehead atoms. The van der Waals surface area contributed by atoms with E-state index in [4.69, 9.17) is 16.3 Å². The summed E-state index contributed by atoms with van der Waals surface area (Å²) in [5, 5.41) is 0.542. The number of halogens is 1. The second-order valence-electron chi connectivity index (χ2n) is 6.92. The van der Waals surface area contributed by atoms with Gasteiger partial charge < -0.3 is 9.64 Å². The van der Waals surface area contributed by atoms with Gasteiger partial charge in [-0.2, -0.15) is 0 Å². The monoisotopic (exact) mass is 399 g/mol. The fourth-order valence-corrected chi connectivity index (χ4v) is 3.40. The molecule has 0 N–H and O–H groups in total. The third kappa shape index (κ3) is 4.78. The van der Waals surface area contributed by atoms with Gasteiger partial charge in [0.2, 0.25) is 0 Å². The molecule has 0 unspecified atom stereocenters. The molecule has 3 rings (SSSR count). The summed E-state index contributed by atoms with van der Waals surface area (Å²) in [7, 11) is 0. The molecule has 0 saturated carbocycles. The number of aryl methyl sites for hydroxylation is 1. The lowest BCUT2D eigenvalue weighted by Crippen LogP contribution is -2.41. The van der Waals surface area contributed by atoms with Crippen molar-refractivity contribution >= 4 is 29.3 Å². The average Bonchev–Trinajstić information content (AvgIpc) is 2.72. The van der Waals surface area contributed by atoms with Gasteiger partial charge in [0.15, 0.2) is 12.4 Å². The van der Waals surface area contributed by atoms with E-state index in [0.717, 1.165) is 5.56 Å². The molecule has 0 spiro atoms. The molecule has 1 amide bonds. The summed E-state index contributed by atoms with van der Waals surface area (Å²) in [6, 6.07) is 13.9. The summed E-state index contributed by atoms with van der Waals surface area (Å²) < 4.78 is 5.20. The molecule has 5 nitrogen and oxygen atoms in total. The molecular formula is C22H22ClNO4. The van der Waals surface area contributed by atoms with Crippen LogP contribution in [-0.2, 0) is 9.53 Å². The lowest BCUT2D eigenvalue weighted by Gasteiger charge is -2.31. The SMILES string of the molecule is Cc1ccccc1C(=O)N1CCC(C(=O)OCC(=O)c2ccc(Cl)cc2)CC1. The van der Waals surface area contributed by atoms with Crippen LogP contribution in [0.5, 0.6) is 0 Å². The number of amides is 1. The number of hydrogen-bond acceptors (Lipinski definition) is 4. The van der Waals surface area contributed by atoms with Crippen LogP contribution in [0, 0.1) is 12.8 Å². The van der Waals surface area contributed by atoms with Crippen LogP contribution in [0.25, 0.3) is 0 Å². The number of likely N-dealkylation sites (tertiary alicyclic amines) is 1. The standard InChI is InChI=1S/C22H22ClNO4/c1-15-4-2-3-5-19(15)21(26)24-12-10-17(11-13-24)22(27)28-14-20(25)16-6-8-18(23)9-7-16/h2-9,17H,10-14H2,1H3. The minimum atomic E-state index is -0.384. The van der Waals surface area contributed by atoms with Crippen molar-refractivity contribution in [2.45, 2.75) is 19.8 Å². The van der Waals surface area contributed by atoms with Crippen molar-refractivity contribution in [3.63, 3.8) is 0 Å². The van der Waals surface area contributed by atoms with Crippen molar-refractivity contribution in [3.05, 3.63) is 70.2 Å². The van der Waals surface area contributed by atoms with Crippen LogP contribution in [0.15, 0.2) is 48.5 Å². The number of ketones is 1. The maximum absolute atomic E-state index is 12.6. The van der Waals surface area contributed by atoms with E-state index >= 15 is 0 Å². The molecule has 0 atom stereocenters. The van der Waals surface area contributed by atoms with E-state index in [1.807, 2.05) is 31.2 Å². The first-order valence-corrected chi connectivity index (χ1v) is 9.64. The van der Waals surface area contributed by atoms with Crippen LogP contribution in [0.4, 0.5) is 0 Å². The highest BCUT2D eigenvalue weighted by Crippen LogP contribution is 2.21. The van der Waals surface area contributed by atoms with Crippen molar-refractivity contribution in [2.75, 3.05) is 19.7 Å². The minimum Gasteiger partial charge on any atom is -0.457 e. The Kier molecular flexibility index (Phi) is 6.47. The first-order chi connectivity index (χ1) is 13.5. The zero-order valence-corrected chi connectivity index (χ0v) is 16.4. The Morgan fingerprint density at radius 1 is 1.04 bits per heavy atom. The first-order valence-electron chi connectivity index (χ1n) is 9.26. The van der Waals surface area contributed by atoms with Crippen LogP contribution >= 0.6 is 11.6 Å². The summed E-state index contributed by atoms with van der Waals surface area (Å²) >= 11 is 5.80. The molecule has 0 radical (unpaired) electrons. The number of carbonyl (C=O) groups excluding carboxylic acids is 3. The van der Waals surface area contributed by atoms with E-state index in [0.29, 0.717) is 42.1 Å². The molecule has 0 aromatic heterocycles. The Bertz CT molecular complexity index is 870. The highest BCUT2D eigenvalue weighted by molar-refractivity contribution is 6.30. The average molecular weight is 400 g/mol. The molecule has 1 aliphatic rings. The summed E-state index contributed by atoms with van der Waals surface area (Å²) in [6.45, 7) is 2.62. The molecule has 1 saturated heterocycles. The molecule has 2 aromatic carbocycles. The molecule has 0 aliphatic carbocycles. The Balaban J connectivity index is 1.48. The number of rotatable bonds is 5. The number of benzene rings is 2. The fraction of sp³-hybridized carbons (Fsp3) is 0.318. The molecule has 146 valence electrons.